The van der Waals surface area contributed by atoms with Crippen molar-refractivity contribution in [2.75, 3.05) is 26.2 Å². The smallest absolute Gasteiger partial charge is 0.228 e. The van der Waals surface area contributed by atoms with Crippen molar-refractivity contribution < 1.29 is 4.79 Å². The van der Waals surface area contributed by atoms with Gasteiger partial charge in [-0.1, -0.05) is 13.0 Å². The summed E-state index contributed by atoms with van der Waals surface area (Å²) in [5, 5.41) is 0. The van der Waals surface area contributed by atoms with Gasteiger partial charge in [0.2, 0.25) is 5.91 Å². The lowest BCUT2D eigenvalue weighted by Gasteiger charge is -2.35. The zero-order valence-electron chi connectivity index (χ0n) is 12.9. The monoisotopic (exact) mass is 287 g/mol. The number of hydrogen-bond donors (Lipinski definition) is 0. The van der Waals surface area contributed by atoms with Crippen LogP contribution in [-0.2, 0) is 11.2 Å². The summed E-state index contributed by atoms with van der Waals surface area (Å²) >= 11 is 0. The fraction of sp³-hybridized carbons (Fsp3) is 0.647. The Balaban J connectivity index is 1.65. The zero-order valence-corrected chi connectivity index (χ0v) is 12.9. The van der Waals surface area contributed by atoms with Crippen LogP contribution in [0.3, 0.4) is 0 Å². The SMILES string of the molecule is CCCN1C[C@@H]2CC[C@H]1CN(C(=O)Cc1ccccn1)C2. The molecule has 4 rings (SSSR count). The molecule has 0 radical (unpaired) electrons. The molecule has 2 atom stereocenters. The summed E-state index contributed by atoms with van der Waals surface area (Å²) in [6.45, 7) is 6.42. The van der Waals surface area contributed by atoms with Gasteiger partial charge >= 0.3 is 0 Å². The highest BCUT2D eigenvalue weighted by Crippen LogP contribution is 2.28. The van der Waals surface area contributed by atoms with E-state index in [-0.39, 0.29) is 5.91 Å². The summed E-state index contributed by atoms with van der Waals surface area (Å²) in [4.78, 5) is 21.5. The molecule has 3 saturated heterocycles. The number of nitrogens with zero attached hydrogens (tertiary/aromatic N) is 3. The Morgan fingerprint density at radius 3 is 2.95 bits per heavy atom. The fourth-order valence-corrected chi connectivity index (χ4v) is 3.71. The highest BCUT2D eigenvalue weighted by molar-refractivity contribution is 5.78. The number of hydrogen-bond acceptors (Lipinski definition) is 3. The number of pyridine rings is 1. The Labute approximate surface area is 127 Å². The first-order chi connectivity index (χ1) is 10.3. The molecule has 1 amide bonds. The molecule has 3 aliphatic rings. The third-order valence-electron chi connectivity index (χ3n) is 4.75. The van der Waals surface area contributed by atoms with Gasteiger partial charge in [0.25, 0.3) is 0 Å². The number of carbonyl (C=O) groups is 1. The summed E-state index contributed by atoms with van der Waals surface area (Å²) in [6.07, 6.45) is 5.92. The van der Waals surface area contributed by atoms with Crippen LogP contribution in [-0.4, -0.2) is 52.9 Å². The number of piperidine rings is 1. The summed E-state index contributed by atoms with van der Waals surface area (Å²) in [5.41, 5.74) is 0.879. The summed E-state index contributed by atoms with van der Waals surface area (Å²) in [5.74, 6) is 0.895. The third-order valence-corrected chi connectivity index (χ3v) is 4.75. The topological polar surface area (TPSA) is 36.4 Å². The van der Waals surface area contributed by atoms with Crippen LogP contribution in [0.25, 0.3) is 0 Å². The largest absolute Gasteiger partial charge is 0.340 e. The molecule has 114 valence electrons. The van der Waals surface area contributed by atoms with Gasteiger partial charge in [0.1, 0.15) is 0 Å². The fourth-order valence-electron chi connectivity index (χ4n) is 3.71. The van der Waals surface area contributed by atoms with E-state index in [1.54, 1.807) is 6.20 Å². The molecule has 4 heterocycles. The van der Waals surface area contributed by atoms with Crippen LogP contribution in [0.5, 0.6) is 0 Å². The van der Waals surface area contributed by atoms with Crippen LogP contribution in [0.1, 0.15) is 31.9 Å². The lowest BCUT2D eigenvalue weighted by molar-refractivity contribution is -0.130. The number of aromatic nitrogens is 1. The summed E-state index contributed by atoms with van der Waals surface area (Å²) < 4.78 is 0. The lowest BCUT2D eigenvalue weighted by atomic mass is 9.95. The van der Waals surface area contributed by atoms with Gasteiger partial charge in [-0.2, -0.15) is 0 Å². The standard InChI is InChI=1S/C17H25N3O/c1-2-9-19-11-14-6-7-16(19)13-20(12-14)17(21)10-15-5-3-4-8-18-15/h3-5,8,14,16H,2,6-7,9-13H2,1H3/t14-,16-/m0/s1. The maximum absolute atomic E-state index is 12.6. The van der Waals surface area contributed by atoms with Crippen molar-refractivity contribution >= 4 is 5.91 Å². The molecule has 1 aromatic heterocycles. The maximum atomic E-state index is 12.6. The number of carbonyl (C=O) groups excluding carboxylic acids is 1. The molecule has 0 aliphatic carbocycles. The van der Waals surface area contributed by atoms with Gasteiger partial charge in [-0.3, -0.25) is 14.7 Å². The normalized spacial score (nSPS) is 25.9. The molecule has 3 fully saturated rings. The second kappa shape index (κ2) is 6.56. The van der Waals surface area contributed by atoms with Crippen LogP contribution < -0.4 is 0 Å². The van der Waals surface area contributed by atoms with Crippen LogP contribution in [0, 0.1) is 5.92 Å². The van der Waals surface area contributed by atoms with Gasteiger partial charge in [0.05, 0.1) is 6.42 Å². The summed E-state index contributed by atoms with van der Waals surface area (Å²) in [7, 11) is 0. The molecule has 4 heteroatoms. The Morgan fingerprint density at radius 1 is 1.29 bits per heavy atom. The Bertz CT molecular complexity index is 476. The van der Waals surface area contributed by atoms with Crippen LogP contribution in [0.2, 0.25) is 0 Å². The molecule has 0 N–H and O–H groups in total. The van der Waals surface area contributed by atoms with Gasteiger partial charge < -0.3 is 4.90 Å². The van der Waals surface area contributed by atoms with E-state index in [1.165, 1.54) is 32.4 Å². The van der Waals surface area contributed by atoms with Crippen LogP contribution in [0.15, 0.2) is 24.4 Å². The van der Waals surface area contributed by atoms with E-state index >= 15 is 0 Å². The van der Waals surface area contributed by atoms with Crippen molar-refractivity contribution in [1.82, 2.24) is 14.8 Å². The van der Waals surface area contributed by atoms with Crippen LogP contribution >= 0.6 is 0 Å². The molecule has 4 nitrogen and oxygen atoms in total. The molecule has 3 aliphatic heterocycles. The van der Waals surface area contributed by atoms with E-state index in [9.17, 15) is 4.79 Å². The zero-order chi connectivity index (χ0) is 14.7. The summed E-state index contributed by atoms with van der Waals surface area (Å²) in [6, 6.07) is 6.35. The second-order valence-electron chi connectivity index (χ2n) is 6.39. The molecule has 1 aromatic rings. The average molecular weight is 287 g/mol. The molecule has 0 saturated carbocycles. The maximum Gasteiger partial charge on any atom is 0.228 e. The van der Waals surface area contributed by atoms with E-state index in [0.717, 1.165) is 18.8 Å². The number of rotatable bonds is 4. The third kappa shape index (κ3) is 3.43. The van der Waals surface area contributed by atoms with Crippen molar-refractivity contribution in [3.63, 3.8) is 0 Å². The highest BCUT2D eigenvalue weighted by Gasteiger charge is 2.35. The minimum absolute atomic E-state index is 0.240. The molecule has 2 bridgehead atoms. The predicted octanol–water partition coefficient (Wildman–Crippen LogP) is 1.96. The van der Waals surface area contributed by atoms with Crippen molar-refractivity contribution in [2.24, 2.45) is 5.92 Å². The molecule has 0 spiro atoms. The van der Waals surface area contributed by atoms with E-state index in [2.05, 4.69) is 21.7 Å². The van der Waals surface area contributed by atoms with Crippen LogP contribution in [0.4, 0.5) is 0 Å². The minimum Gasteiger partial charge on any atom is -0.340 e. The van der Waals surface area contributed by atoms with Gasteiger partial charge in [0.15, 0.2) is 0 Å². The van der Waals surface area contributed by atoms with Crippen molar-refractivity contribution in [3.05, 3.63) is 30.1 Å². The minimum atomic E-state index is 0.240. The molecular weight excluding hydrogens is 262 g/mol. The van der Waals surface area contributed by atoms with Gasteiger partial charge in [-0.25, -0.2) is 0 Å². The quantitative estimate of drug-likeness (QED) is 0.849. The van der Waals surface area contributed by atoms with Gasteiger partial charge in [0, 0.05) is 37.6 Å². The van der Waals surface area contributed by atoms with E-state index in [1.807, 2.05) is 18.2 Å². The Morgan fingerprint density at radius 2 is 2.19 bits per heavy atom. The van der Waals surface area contributed by atoms with Crippen molar-refractivity contribution in [2.45, 2.75) is 38.6 Å². The number of amides is 1. The highest BCUT2D eigenvalue weighted by atomic mass is 16.2. The first-order valence-electron chi connectivity index (χ1n) is 8.18. The van der Waals surface area contributed by atoms with Crippen molar-refractivity contribution in [1.29, 1.82) is 0 Å². The average Bonchev–Trinajstić information content (AvgIpc) is 2.80. The second-order valence-corrected chi connectivity index (χ2v) is 6.39. The van der Waals surface area contributed by atoms with E-state index < -0.39 is 0 Å². The predicted molar refractivity (Wildman–Crippen MR) is 82.9 cm³/mol. The molecule has 0 aromatic carbocycles. The Kier molecular flexibility index (Phi) is 4.54. The van der Waals surface area contributed by atoms with E-state index in [0.29, 0.717) is 18.4 Å². The van der Waals surface area contributed by atoms with Crippen molar-refractivity contribution in [3.8, 4) is 0 Å². The first-order valence-corrected chi connectivity index (χ1v) is 8.18. The lowest BCUT2D eigenvalue weighted by Crippen LogP contribution is -2.44. The number of fused-ring (bicyclic) bond motifs is 4. The molecule has 21 heavy (non-hydrogen) atoms. The Hall–Kier alpha value is -1.42. The molecular formula is C17H25N3O. The molecule has 0 unspecified atom stereocenters. The van der Waals surface area contributed by atoms with Gasteiger partial charge in [-0.05, 0) is 43.9 Å². The van der Waals surface area contributed by atoms with Gasteiger partial charge in [-0.15, -0.1) is 0 Å². The first kappa shape index (κ1) is 14.5. The van der Waals surface area contributed by atoms with E-state index in [4.69, 9.17) is 0 Å².